The molecular weight excluding hydrogens is 621 g/mol. The minimum atomic E-state index is 0.792. The van der Waals surface area contributed by atoms with Gasteiger partial charge >= 0.3 is 0 Å². The highest BCUT2D eigenvalue weighted by Crippen LogP contribution is 2.44. The van der Waals surface area contributed by atoms with Gasteiger partial charge < -0.3 is 9.32 Å². The van der Waals surface area contributed by atoms with Gasteiger partial charge in [-0.15, -0.1) is 0 Å². The van der Waals surface area contributed by atoms with Gasteiger partial charge in [0, 0.05) is 28.4 Å². The van der Waals surface area contributed by atoms with Crippen LogP contribution < -0.4 is 4.90 Å². The van der Waals surface area contributed by atoms with E-state index in [0.29, 0.717) is 0 Å². The van der Waals surface area contributed by atoms with Gasteiger partial charge in [0.1, 0.15) is 17.0 Å². The van der Waals surface area contributed by atoms with E-state index < -0.39 is 0 Å². The predicted octanol–water partition coefficient (Wildman–Crippen LogP) is 13.9. The molecule has 0 aliphatic carbocycles. The lowest BCUT2D eigenvalue weighted by molar-refractivity contribution is 0.579. The number of allylic oxidation sites excluding steroid dienone is 1. The number of anilines is 3. The molecule has 9 aromatic rings. The Labute approximate surface area is 297 Å². The first-order chi connectivity index (χ1) is 25.2. The Kier molecular flexibility index (Phi) is 7.52. The predicted molar refractivity (Wildman–Crippen MR) is 217 cm³/mol. The normalized spacial score (nSPS) is 11.6. The second-order valence-electron chi connectivity index (χ2n) is 12.8. The molecule has 0 N–H and O–H groups in total. The molecule has 0 radical (unpaired) electrons. The average molecular weight is 655 g/mol. The van der Waals surface area contributed by atoms with Crippen molar-refractivity contribution in [1.29, 1.82) is 0 Å². The van der Waals surface area contributed by atoms with Crippen molar-refractivity contribution in [3.63, 3.8) is 0 Å². The SMILES string of the molecule is C=CC=Nc1c(C)oc2ccc(-c3ccc(N(c4ccc(-c5ccccc5)cc4)c4cc5c6ccccc6ccc5c5ccccc45)cc3)cc12. The fourth-order valence-corrected chi connectivity index (χ4v) is 7.36. The van der Waals surface area contributed by atoms with Crippen LogP contribution in [0.25, 0.3) is 65.5 Å². The maximum atomic E-state index is 6.01. The molecule has 51 heavy (non-hydrogen) atoms. The lowest BCUT2D eigenvalue weighted by Gasteiger charge is -2.28. The van der Waals surface area contributed by atoms with E-state index in [1.54, 1.807) is 12.3 Å². The highest BCUT2D eigenvalue weighted by atomic mass is 16.3. The molecule has 242 valence electrons. The van der Waals surface area contributed by atoms with E-state index in [-0.39, 0.29) is 0 Å². The molecule has 8 aromatic carbocycles. The lowest BCUT2D eigenvalue weighted by atomic mass is 9.95. The maximum Gasteiger partial charge on any atom is 0.136 e. The smallest absolute Gasteiger partial charge is 0.136 e. The summed E-state index contributed by atoms with van der Waals surface area (Å²) in [4.78, 5) is 6.99. The number of aliphatic imine (C=N–C) groups is 1. The van der Waals surface area contributed by atoms with Gasteiger partial charge in [-0.25, -0.2) is 0 Å². The largest absolute Gasteiger partial charge is 0.459 e. The van der Waals surface area contributed by atoms with Gasteiger partial charge in [-0.1, -0.05) is 134 Å². The fourth-order valence-electron chi connectivity index (χ4n) is 7.36. The Morgan fingerprint density at radius 1 is 0.510 bits per heavy atom. The van der Waals surface area contributed by atoms with Crippen molar-refractivity contribution in [3.8, 4) is 22.3 Å². The molecule has 0 unspecified atom stereocenters. The zero-order valence-electron chi connectivity index (χ0n) is 28.3. The van der Waals surface area contributed by atoms with E-state index in [1.807, 2.05) is 13.0 Å². The van der Waals surface area contributed by atoms with Gasteiger partial charge in [-0.2, -0.15) is 0 Å². The van der Waals surface area contributed by atoms with Crippen LogP contribution in [0, 0.1) is 6.92 Å². The van der Waals surface area contributed by atoms with Crippen LogP contribution >= 0.6 is 0 Å². The number of aryl methyl sites for hydroxylation is 1. The summed E-state index contributed by atoms with van der Waals surface area (Å²) in [6, 6.07) is 59.0. The van der Waals surface area contributed by atoms with E-state index >= 15 is 0 Å². The second kappa shape index (κ2) is 12.6. The van der Waals surface area contributed by atoms with Crippen molar-refractivity contribution in [2.24, 2.45) is 4.99 Å². The summed E-state index contributed by atoms with van der Waals surface area (Å²) in [6.07, 6.45) is 3.39. The zero-order valence-corrected chi connectivity index (χ0v) is 28.3. The van der Waals surface area contributed by atoms with Crippen molar-refractivity contribution in [2.45, 2.75) is 6.92 Å². The Balaban J connectivity index is 1.22. The number of rotatable bonds is 7. The Morgan fingerprint density at radius 3 is 1.82 bits per heavy atom. The van der Waals surface area contributed by atoms with Gasteiger partial charge in [-0.3, -0.25) is 4.99 Å². The number of benzene rings is 8. The maximum absolute atomic E-state index is 6.01. The number of hydrogen-bond acceptors (Lipinski definition) is 3. The summed E-state index contributed by atoms with van der Waals surface area (Å²) in [5.74, 6) is 0.792. The van der Waals surface area contributed by atoms with Crippen LogP contribution in [0.5, 0.6) is 0 Å². The molecule has 0 saturated carbocycles. The van der Waals surface area contributed by atoms with Gasteiger partial charge in [0.25, 0.3) is 0 Å². The van der Waals surface area contributed by atoms with Crippen LogP contribution in [-0.4, -0.2) is 6.21 Å². The third-order valence-electron chi connectivity index (χ3n) is 9.82. The number of hydrogen-bond donors (Lipinski definition) is 0. The third-order valence-corrected chi connectivity index (χ3v) is 9.82. The highest BCUT2D eigenvalue weighted by molar-refractivity contribution is 6.21. The zero-order chi connectivity index (χ0) is 34.3. The summed E-state index contributed by atoms with van der Waals surface area (Å²) in [7, 11) is 0. The van der Waals surface area contributed by atoms with Crippen LogP contribution in [0.2, 0.25) is 0 Å². The van der Waals surface area contributed by atoms with Crippen LogP contribution in [0.3, 0.4) is 0 Å². The summed E-state index contributed by atoms with van der Waals surface area (Å²) in [6.45, 7) is 5.73. The monoisotopic (exact) mass is 654 g/mol. The summed E-state index contributed by atoms with van der Waals surface area (Å²) >= 11 is 0. The molecule has 0 bridgehead atoms. The minimum Gasteiger partial charge on any atom is -0.459 e. The molecule has 3 heteroatoms. The highest BCUT2D eigenvalue weighted by Gasteiger charge is 2.19. The molecule has 0 aliphatic heterocycles. The molecular formula is C48H34N2O. The molecule has 9 rings (SSSR count). The first kappa shape index (κ1) is 30.4. The van der Waals surface area contributed by atoms with Crippen molar-refractivity contribution < 1.29 is 4.42 Å². The summed E-state index contributed by atoms with van der Waals surface area (Å²) in [5, 5.41) is 8.40. The number of furan rings is 1. The van der Waals surface area contributed by atoms with Crippen LogP contribution in [0.15, 0.2) is 186 Å². The molecule has 0 spiro atoms. The molecule has 0 aliphatic rings. The third kappa shape index (κ3) is 5.36. The van der Waals surface area contributed by atoms with Gasteiger partial charge in [-0.05, 0) is 98.6 Å². The van der Waals surface area contributed by atoms with Crippen molar-refractivity contribution >= 4 is 72.3 Å². The Hall–Kier alpha value is -6.71. The molecule has 3 nitrogen and oxygen atoms in total. The van der Waals surface area contributed by atoms with Crippen molar-refractivity contribution in [1.82, 2.24) is 0 Å². The van der Waals surface area contributed by atoms with E-state index in [0.717, 1.165) is 50.6 Å². The quantitative estimate of drug-likeness (QED) is 0.126. The van der Waals surface area contributed by atoms with E-state index in [4.69, 9.17) is 4.42 Å². The molecule has 1 aromatic heterocycles. The van der Waals surface area contributed by atoms with E-state index in [2.05, 4.69) is 174 Å². The van der Waals surface area contributed by atoms with Gasteiger partial charge in [0.15, 0.2) is 0 Å². The Morgan fingerprint density at radius 2 is 1.10 bits per heavy atom. The molecule has 0 atom stereocenters. The Bertz CT molecular complexity index is 2760. The van der Waals surface area contributed by atoms with Crippen molar-refractivity contribution in [2.75, 3.05) is 4.90 Å². The van der Waals surface area contributed by atoms with Gasteiger partial charge in [0.2, 0.25) is 0 Å². The first-order valence-electron chi connectivity index (χ1n) is 17.2. The number of fused-ring (bicyclic) bond motifs is 6. The molecule has 1 heterocycles. The van der Waals surface area contributed by atoms with Crippen LogP contribution in [0.1, 0.15) is 5.76 Å². The summed E-state index contributed by atoms with van der Waals surface area (Å²) in [5.41, 5.74) is 9.57. The molecule has 0 amide bonds. The minimum absolute atomic E-state index is 0.792. The van der Waals surface area contributed by atoms with Crippen LogP contribution in [-0.2, 0) is 0 Å². The standard InChI is InChI=1S/C48H34N2O/c1-3-29-49-48-32(2)51-47-28-22-37(30-45(47)48)35-19-25-39(26-20-35)50(38-23-17-34(18-24-38)33-11-5-4-6-12-33)46-31-44-40-14-8-7-13-36(40)21-27-42(44)41-15-9-10-16-43(41)46/h3-31H,1H2,2H3. The fraction of sp³-hybridized carbons (Fsp3) is 0.0208. The first-order valence-corrected chi connectivity index (χ1v) is 17.2. The molecule has 0 saturated heterocycles. The van der Waals surface area contributed by atoms with Crippen molar-refractivity contribution in [3.05, 3.63) is 182 Å². The summed E-state index contributed by atoms with van der Waals surface area (Å²) < 4.78 is 6.01. The number of nitrogens with zero attached hydrogens (tertiary/aromatic N) is 2. The van der Waals surface area contributed by atoms with Gasteiger partial charge in [0.05, 0.1) is 5.69 Å². The second-order valence-corrected chi connectivity index (χ2v) is 12.8. The lowest BCUT2D eigenvalue weighted by Crippen LogP contribution is -2.10. The average Bonchev–Trinajstić information content (AvgIpc) is 3.51. The molecule has 0 fully saturated rings. The topological polar surface area (TPSA) is 28.7 Å². The van der Waals surface area contributed by atoms with Crippen LogP contribution in [0.4, 0.5) is 22.7 Å². The van der Waals surface area contributed by atoms with E-state index in [1.165, 1.54) is 43.4 Å². The van der Waals surface area contributed by atoms with E-state index in [9.17, 15) is 0 Å².